The fraction of sp³-hybridized carbons (Fsp3) is 0.385. The maximum absolute atomic E-state index is 5.99. The van der Waals surface area contributed by atoms with Crippen molar-refractivity contribution in [3.63, 3.8) is 0 Å². The molecule has 0 saturated carbocycles. The molecule has 0 bridgehead atoms. The molecule has 2 heterocycles. The number of nitrogen functional groups attached to an aromatic ring is 1. The molecule has 0 fully saturated rings. The van der Waals surface area contributed by atoms with E-state index in [1.165, 1.54) is 0 Å². The maximum atomic E-state index is 5.99. The van der Waals surface area contributed by atoms with Gasteiger partial charge in [-0.05, 0) is 31.4 Å². The van der Waals surface area contributed by atoms with Gasteiger partial charge in [0.1, 0.15) is 5.82 Å². The highest BCUT2D eigenvalue weighted by atomic mass is 16.3. The van der Waals surface area contributed by atoms with E-state index in [9.17, 15) is 0 Å². The SMILES string of the molecule is Cc1ccoc1-c1nc(C)c(C(C)C)c(N)n1. The van der Waals surface area contributed by atoms with Crippen LogP contribution in [0.25, 0.3) is 11.6 Å². The summed E-state index contributed by atoms with van der Waals surface area (Å²) in [6.45, 7) is 8.08. The number of rotatable bonds is 2. The van der Waals surface area contributed by atoms with Crippen LogP contribution in [0, 0.1) is 13.8 Å². The summed E-state index contributed by atoms with van der Waals surface area (Å²) in [4.78, 5) is 8.81. The highest BCUT2D eigenvalue weighted by molar-refractivity contribution is 5.57. The van der Waals surface area contributed by atoms with Crippen molar-refractivity contribution < 1.29 is 4.42 Å². The van der Waals surface area contributed by atoms with Crippen LogP contribution in [0.3, 0.4) is 0 Å². The van der Waals surface area contributed by atoms with E-state index in [0.29, 0.717) is 23.3 Å². The monoisotopic (exact) mass is 231 g/mol. The van der Waals surface area contributed by atoms with Crippen molar-refractivity contribution in [2.24, 2.45) is 0 Å². The molecule has 0 aliphatic heterocycles. The van der Waals surface area contributed by atoms with Crippen LogP contribution in [0.4, 0.5) is 5.82 Å². The third kappa shape index (κ3) is 2.02. The zero-order chi connectivity index (χ0) is 12.6. The molecule has 0 radical (unpaired) electrons. The molecule has 0 aliphatic rings. The Morgan fingerprint density at radius 2 is 1.94 bits per heavy atom. The first-order valence-corrected chi connectivity index (χ1v) is 5.69. The first kappa shape index (κ1) is 11.6. The van der Waals surface area contributed by atoms with Crippen molar-refractivity contribution in [3.8, 4) is 11.6 Å². The van der Waals surface area contributed by atoms with Crippen LogP contribution >= 0.6 is 0 Å². The van der Waals surface area contributed by atoms with Gasteiger partial charge in [-0.2, -0.15) is 0 Å². The average molecular weight is 231 g/mol. The van der Waals surface area contributed by atoms with E-state index in [2.05, 4.69) is 23.8 Å². The predicted molar refractivity (Wildman–Crippen MR) is 67.7 cm³/mol. The topological polar surface area (TPSA) is 64.9 Å². The van der Waals surface area contributed by atoms with E-state index in [1.54, 1.807) is 6.26 Å². The molecule has 4 heteroatoms. The van der Waals surface area contributed by atoms with Crippen molar-refractivity contribution in [1.82, 2.24) is 9.97 Å². The van der Waals surface area contributed by atoms with Gasteiger partial charge >= 0.3 is 0 Å². The van der Waals surface area contributed by atoms with E-state index in [0.717, 1.165) is 16.8 Å². The molecule has 2 aromatic heterocycles. The van der Waals surface area contributed by atoms with Crippen LogP contribution in [-0.2, 0) is 0 Å². The molecule has 2 aromatic rings. The minimum absolute atomic E-state index is 0.321. The van der Waals surface area contributed by atoms with Gasteiger partial charge in [0.05, 0.1) is 6.26 Å². The Morgan fingerprint density at radius 3 is 2.41 bits per heavy atom. The Balaban J connectivity index is 2.57. The molecule has 0 aliphatic carbocycles. The highest BCUT2D eigenvalue weighted by Crippen LogP contribution is 2.27. The van der Waals surface area contributed by atoms with Crippen molar-refractivity contribution in [2.75, 3.05) is 5.73 Å². The maximum Gasteiger partial charge on any atom is 0.198 e. The zero-order valence-electron chi connectivity index (χ0n) is 10.6. The summed E-state index contributed by atoms with van der Waals surface area (Å²) in [7, 11) is 0. The number of aryl methyl sites for hydroxylation is 2. The van der Waals surface area contributed by atoms with Crippen LogP contribution in [0.5, 0.6) is 0 Å². The number of nitrogens with zero attached hydrogens (tertiary/aromatic N) is 2. The Labute approximate surface area is 101 Å². The smallest absolute Gasteiger partial charge is 0.198 e. The largest absolute Gasteiger partial charge is 0.461 e. The van der Waals surface area contributed by atoms with Gasteiger partial charge in [-0.25, -0.2) is 9.97 Å². The number of nitrogens with two attached hydrogens (primary N) is 1. The molecule has 0 amide bonds. The van der Waals surface area contributed by atoms with Gasteiger partial charge in [0.2, 0.25) is 0 Å². The Morgan fingerprint density at radius 1 is 1.24 bits per heavy atom. The highest BCUT2D eigenvalue weighted by Gasteiger charge is 2.15. The van der Waals surface area contributed by atoms with Crippen molar-refractivity contribution in [1.29, 1.82) is 0 Å². The fourth-order valence-corrected chi connectivity index (χ4v) is 2.02. The second-order valence-corrected chi connectivity index (χ2v) is 4.52. The van der Waals surface area contributed by atoms with Crippen LogP contribution in [-0.4, -0.2) is 9.97 Å². The van der Waals surface area contributed by atoms with Crippen molar-refractivity contribution >= 4 is 5.82 Å². The van der Waals surface area contributed by atoms with E-state index in [1.807, 2.05) is 19.9 Å². The molecule has 4 nitrogen and oxygen atoms in total. The lowest BCUT2D eigenvalue weighted by Gasteiger charge is -2.12. The molecule has 0 atom stereocenters. The molecule has 2 rings (SSSR count). The van der Waals surface area contributed by atoms with Gasteiger partial charge in [0.25, 0.3) is 0 Å². The van der Waals surface area contributed by atoms with E-state index in [-0.39, 0.29) is 0 Å². The predicted octanol–water partition coefficient (Wildman–Crippen LogP) is 3.06. The molecule has 0 unspecified atom stereocenters. The van der Waals surface area contributed by atoms with Gasteiger partial charge in [-0.1, -0.05) is 13.8 Å². The quantitative estimate of drug-likeness (QED) is 0.862. The van der Waals surface area contributed by atoms with Gasteiger partial charge in [-0.15, -0.1) is 0 Å². The molecular weight excluding hydrogens is 214 g/mol. The normalized spacial score (nSPS) is 11.1. The molecule has 17 heavy (non-hydrogen) atoms. The van der Waals surface area contributed by atoms with Crippen LogP contribution < -0.4 is 5.73 Å². The van der Waals surface area contributed by atoms with Crippen molar-refractivity contribution in [3.05, 3.63) is 29.2 Å². The summed E-state index contributed by atoms with van der Waals surface area (Å²) in [5.74, 6) is 2.11. The molecular formula is C13H17N3O. The molecule has 0 aromatic carbocycles. The van der Waals surface area contributed by atoms with Crippen LogP contribution in [0.1, 0.15) is 36.6 Å². The first-order chi connectivity index (χ1) is 8.00. The molecule has 90 valence electrons. The summed E-state index contributed by atoms with van der Waals surface area (Å²) >= 11 is 0. The van der Waals surface area contributed by atoms with Gasteiger partial charge < -0.3 is 10.2 Å². The van der Waals surface area contributed by atoms with Gasteiger partial charge in [0.15, 0.2) is 11.6 Å². The summed E-state index contributed by atoms with van der Waals surface area (Å²) < 4.78 is 5.38. The lowest BCUT2D eigenvalue weighted by molar-refractivity contribution is 0.575. The second kappa shape index (κ2) is 4.20. The first-order valence-electron chi connectivity index (χ1n) is 5.69. The summed E-state index contributed by atoms with van der Waals surface area (Å²) in [6, 6.07) is 1.89. The molecule has 0 saturated heterocycles. The second-order valence-electron chi connectivity index (χ2n) is 4.52. The van der Waals surface area contributed by atoms with Crippen LogP contribution in [0.2, 0.25) is 0 Å². The number of aromatic nitrogens is 2. The third-order valence-electron chi connectivity index (χ3n) is 2.81. The fourth-order valence-electron chi connectivity index (χ4n) is 2.02. The zero-order valence-corrected chi connectivity index (χ0v) is 10.6. The summed E-state index contributed by atoms with van der Waals surface area (Å²) in [5.41, 5.74) is 8.93. The minimum Gasteiger partial charge on any atom is -0.461 e. The van der Waals surface area contributed by atoms with E-state index < -0.39 is 0 Å². The number of hydrogen-bond donors (Lipinski definition) is 1. The lowest BCUT2D eigenvalue weighted by atomic mass is 10.0. The summed E-state index contributed by atoms with van der Waals surface area (Å²) in [5, 5.41) is 0. The number of anilines is 1. The summed E-state index contributed by atoms with van der Waals surface area (Å²) in [6.07, 6.45) is 1.63. The Kier molecular flexibility index (Phi) is 2.88. The van der Waals surface area contributed by atoms with E-state index >= 15 is 0 Å². The number of furan rings is 1. The molecule has 2 N–H and O–H groups in total. The van der Waals surface area contributed by atoms with E-state index in [4.69, 9.17) is 10.2 Å². The van der Waals surface area contributed by atoms with Crippen LogP contribution in [0.15, 0.2) is 16.7 Å². The standard InChI is InChI=1S/C13H17N3O/c1-7(2)10-9(4)15-13(16-12(10)14)11-8(3)5-6-17-11/h5-7H,1-4H3,(H2,14,15,16). The molecule has 0 spiro atoms. The average Bonchev–Trinajstić information content (AvgIpc) is 2.62. The Bertz CT molecular complexity index is 520. The van der Waals surface area contributed by atoms with Gasteiger partial charge in [-0.3, -0.25) is 0 Å². The van der Waals surface area contributed by atoms with Crippen molar-refractivity contribution in [2.45, 2.75) is 33.6 Å². The lowest BCUT2D eigenvalue weighted by Crippen LogP contribution is -2.06. The number of hydrogen-bond acceptors (Lipinski definition) is 4. The third-order valence-corrected chi connectivity index (χ3v) is 2.81. The Hall–Kier alpha value is -1.84. The minimum atomic E-state index is 0.321. The van der Waals surface area contributed by atoms with Gasteiger partial charge in [0, 0.05) is 11.3 Å².